The summed E-state index contributed by atoms with van der Waals surface area (Å²) >= 11 is 5.92. The van der Waals surface area contributed by atoms with Crippen LogP contribution in [0.5, 0.6) is 0 Å². The summed E-state index contributed by atoms with van der Waals surface area (Å²) in [5, 5.41) is 13.3. The first kappa shape index (κ1) is 24.7. The number of aliphatic hydroxyl groups excluding tert-OH is 1. The maximum Gasteiger partial charge on any atom is 0.410 e. The molecule has 2 amide bonds. The number of nitrogens with zero attached hydrogens (tertiary/aromatic N) is 1. The molecule has 0 aromatic heterocycles. The fraction of sp³-hybridized carbons (Fsp3) is 0.417. The molecule has 2 N–H and O–H groups in total. The first-order valence-corrected chi connectivity index (χ1v) is 10.8. The van der Waals surface area contributed by atoms with Crippen LogP contribution in [0.2, 0.25) is 5.02 Å². The lowest BCUT2D eigenvalue weighted by atomic mass is 10.0. The smallest absolute Gasteiger partial charge is 0.410 e. The van der Waals surface area contributed by atoms with Gasteiger partial charge in [0.05, 0.1) is 12.6 Å². The highest BCUT2D eigenvalue weighted by molar-refractivity contribution is 6.30. The monoisotopic (exact) mass is 446 g/mol. The number of amides is 2. The molecule has 31 heavy (non-hydrogen) atoms. The molecule has 2 atom stereocenters. The second-order valence-electron chi connectivity index (χ2n) is 8.02. The number of benzene rings is 2. The highest BCUT2D eigenvalue weighted by Gasteiger charge is 2.30. The number of carbonyl (C=O) groups is 2. The van der Waals surface area contributed by atoms with Crippen molar-refractivity contribution in [2.45, 2.75) is 45.4 Å². The van der Waals surface area contributed by atoms with Crippen LogP contribution in [0.15, 0.2) is 54.6 Å². The second kappa shape index (κ2) is 12.3. The van der Waals surface area contributed by atoms with Gasteiger partial charge in [0, 0.05) is 12.1 Å². The highest BCUT2D eigenvalue weighted by atomic mass is 35.5. The lowest BCUT2D eigenvalue weighted by Gasteiger charge is -2.29. The van der Waals surface area contributed by atoms with E-state index >= 15 is 0 Å². The minimum Gasteiger partial charge on any atom is -0.445 e. The van der Waals surface area contributed by atoms with Crippen LogP contribution < -0.4 is 5.32 Å². The number of hydrogen-bond acceptors (Lipinski definition) is 4. The average molecular weight is 447 g/mol. The summed E-state index contributed by atoms with van der Waals surface area (Å²) in [6.45, 7) is 3.89. The van der Waals surface area contributed by atoms with Crippen molar-refractivity contribution >= 4 is 23.6 Å². The standard InChI is InChI=1S/C24H31ClN2O4/c1-17(2)13-22(27(3)24(30)31-16-19-7-5-4-6-8-19)23(29)26-21(15-28)14-18-9-11-20(25)12-10-18/h4-12,17,21-22,28H,13-16H2,1-3H3,(H,26,29)/t21?,22-/m0/s1. The first-order chi connectivity index (χ1) is 14.8. The fourth-order valence-electron chi connectivity index (χ4n) is 3.20. The third-order valence-electron chi connectivity index (χ3n) is 4.92. The van der Waals surface area contributed by atoms with Gasteiger partial charge < -0.3 is 15.2 Å². The van der Waals surface area contributed by atoms with Crippen molar-refractivity contribution in [3.63, 3.8) is 0 Å². The van der Waals surface area contributed by atoms with Gasteiger partial charge in [0.25, 0.3) is 0 Å². The quantitative estimate of drug-likeness (QED) is 0.577. The van der Waals surface area contributed by atoms with Crippen LogP contribution >= 0.6 is 11.6 Å². The molecule has 0 aliphatic rings. The molecule has 6 nitrogen and oxygen atoms in total. The normalized spacial score (nSPS) is 12.8. The van der Waals surface area contributed by atoms with Crippen LogP contribution in [-0.2, 0) is 22.6 Å². The fourth-order valence-corrected chi connectivity index (χ4v) is 3.33. The summed E-state index contributed by atoms with van der Waals surface area (Å²) in [5.74, 6) is -0.134. The van der Waals surface area contributed by atoms with E-state index in [1.54, 1.807) is 19.2 Å². The molecule has 0 spiro atoms. The van der Waals surface area contributed by atoms with Gasteiger partial charge in [-0.15, -0.1) is 0 Å². The van der Waals surface area contributed by atoms with Gasteiger partial charge in [-0.3, -0.25) is 9.69 Å². The number of ether oxygens (including phenoxy) is 1. The zero-order valence-electron chi connectivity index (χ0n) is 18.3. The molecule has 1 unspecified atom stereocenters. The Morgan fingerprint density at radius 2 is 1.71 bits per heavy atom. The highest BCUT2D eigenvalue weighted by Crippen LogP contribution is 2.15. The van der Waals surface area contributed by atoms with Crippen molar-refractivity contribution in [2.24, 2.45) is 5.92 Å². The zero-order chi connectivity index (χ0) is 22.8. The number of carbonyl (C=O) groups excluding carboxylic acids is 2. The Labute approximate surface area is 189 Å². The van der Waals surface area contributed by atoms with Crippen molar-refractivity contribution in [3.8, 4) is 0 Å². The van der Waals surface area contributed by atoms with Crippen LogP contribution in [0.3, 0.4) is 0 Å². The van der Waals surface area contributed by atoms with E-state index in [4.69, 9.17) is 16.3 Å². The van der Waals surface area contributed by atoms with Crippen molar-refractivity contribution in [3.05, 3.63) is 70.7 Å². The minimum atomic E-state index is -0.706. The lowest BCUT2D eigenvalue weighted by molar-refractivity contribution is -0.127. The van der Waals surface area contributed by atoms with E-state index in [1.807, 2.05) is 56.3 Å². The summed E-state index contributed by atoms with van der Waals surface area (Å²) in [6.07, 6.45) is 0.362. The molecule has 0 aliphatic heterocycles. The Morgan fingerprint density at radius 3 is 2.29 bits per heavy atom. The summed E-state index contributed by atoms with van der Waals surface area (Å²) < 4.78 is 5.39. The number of aliphatic hydroxyl groups is 1. The third-order valence-corrected chi connectivity index (χ3v) is 5.17. The van der Waals surface area contributed by atoms with Gasteiger partial charge in [-0.05, 0) is 42.0 Å². The van der Waals surface area contributed by atoms with Gasteiger partial charge in [0.15, 0.2) is 0 Å². The molecule has 0 radical (unpaired) electrons. The molecule has 0 heterocycles. The van der Waals surface area contributed by atoms with E-state index in [1.165, 1.54) is 4.90 Å². The molecule has 168 valence electrons. The minimum absolute atomic E-state index is 0.135. The Balaban J connectivity index is 2.01. The van der Waals surface area contributed by atoms with E-state index < -0.39 is 18.2 Å². The first-order valence-electron chi connectivity index (χ1n) is 10.4. The van der Waals surface area contributed by atoms with Crippen molar-refractivity contribution in [1.29, 1.82) is 0 Å². The zero-order valence-corrected chi connectivity index (χ0v) is 19.0. The number of likely N-dealkylation sites (N-methyl/N-ethyl adjacent to an activating group) is 1. The number of hydrogen-bond donors (Lipinski definition) is 2. The second-order valence-corrected chi connectivity index (χ2v) is 8.45. The van der Waals surface area contributed by atoms with Crippen LogP contribution in [0.1, 0.15) is 31.4 Å². The van der Waals surface area contributed by atoms with Crippen LogP contribution in [0.25, 0.3) is 0 Å². The molecular formula is C24H31ClN2O4. The average Bonchev–Trinajstić information content (AvgIpc) is 2.76. The van der Waals surface area contributed by atoms with Gasteiger partial charge in [-0.25, -0.2) is 4.79 Å². The van der Waals surface area contributed by atoms with Gasteiger partial charge in [-0.1, -0.05) is 67.9 Å². The number of halogens is 1. The molecule has 0 aliphatic carbocycles. The van der Waals surface area contributed by atoms with Gasteiger partial charge in [-0.2, -0.15) is 0 Å². The van der Waals surface area contributed by atoms with Gasteiger partial charge >= 0.3 is 6.09 Å². The third kappa shape index (κ3) is 8.23. The Hall–Kier alpha value is -2.57. The van der Waals surface area contributed by atoms with E-state index in [-0.39, 0.29) is 25.0 Å². The van der Waals surface area contributed by atoms with Gasteiger partial charge in [0.2, 0.25) is 5.91 Å². The summed E-state index contributed by atoms with van der Waals surface area (Å²) in [5.41, 5.74) is 1.82. The molecule has 0 bridgehead atoms. The van der Waals surface area contributed by atoms with Crippen LogP contribution in [0, 0.1) is 5.92 Å². The predicted octanol–water partition coefficient (Wildman–Crippen LogP) is 4.04. The summed E-state index contributed by atoms with van der Waals surface area (Å²) in [6, 6.07) is 15.4. The summed E-state index contributed by atoms with van der Waals surface area (Å²) in [4.78, 5) is 26.9. The van der Waals surface area contributed by atoms with Gasteiger partial charge in [0.1, 0.15) is 12.6 Å². The Bertz CT molecular complexity index is 827. The largest absolute Gasteiger partial charge is 0.445 e. The van der Waals surface area contributed by atoms with Crippen molar-refractivity contribution in [1.82, 2.24) is 10.2 Å². The maximum absolute atomic E-state index is 13.0. The van der Waals surface area contributed by atoms with E-state index in [9.17, 15) is 14.7 Å². The van der Waals surface area contributed by atoms with Crippen molar-refractivity contribution < 1.29 is 19.4 Å². The van der Waals surface area contributed by atoms with E-state index in [2.05, 4.69) is 5.32 Å². The molecule has 2 aromatic rings. The molecule has 7 heteroatoms. The van der Waals surface area contributed by atoms with E-state index in [0.29, 0.717) is 17.9 Å². The van der Waals surface area contributed by atoms with E-state index in [0.717, 1.165) is 11.1 Å². The topological polar surface area (TPSA) is 78.9 Å². The molecule has 0 saturated heterocycles. The SMILES string of the molecule is CC(C)C[C@@H](C(=O)NC(CO)Cc1ccc(Cl)cc1)N(C)C(=O)OCc1ccccc1. The molecule has 0 fully saturated rings. The predicted molar refractivity (Wildman–Crippen MR) is 122 cm³/mol. The maximum atomic E-state index is 13.0. The Kier molecular flexibility index (Phi) is 9.82. The van der Waals surface area contributed by atoms with Crippen LogP contribution in [0.4, 0.5) is 4.79 Å². The van der Waals surface area contributed by atoms with Crippen LogP contribution in [-0.4, -0.2) is 47.7 Å². The molecule has 0 saturated carbocycles. The number of nitrogens with one attached hydrogen (secondary N) is 1. The lowest BCUT2D eigenvalue weighted by Crippen LogP contribution is -2.52. The molecule has 2 aromatic carbocycles. The van der Waals surface area contributed by atoms with Crippen molar-refractivity contribution in [2.75, 3.05) is 13.7 Å². The Morgan fingerprint density at radius 1 is 1.06 bits per heavy atom. The summed E-state index contributed by atoms with van der Waals surface area (Å²) in [7, 11) is 1.56. The molecular weight excluding hydrogens is 416 g/mol. The number of rotatable bonds is 10. The molecule has 2 rings (SSSR count).